The summed E-state index contributed by atoms with van der Waals surface area (Å²) in [5.41, 5.74) is 0.614. The first-order valence-corrected chi connectivity index (χ1v) is 5.68. The van der Waals surface area contributed by atoms with Gasteiger partial charge >= 0.3 is 0 Å². The average molecular weight is 236 g/mol. The second kappa shape index (κ2) is 4.67. The van der Waals surface area contributed by atoms with Crippen LogP contribution in [-0.4, -0.2) is 19.4 Å². The van der Waals surface area contributed by atoms with E-state index in [4.69, 9.17) is 4.55 Å². The van der Waals surface area contributed by atoms with Gasteiger partial charge in [0, 0.05) is 6.42 Å². The summed E-state index contributed by atoms with van der Waals surface area (Å²) in [6.07, 6.45) is -2.44. The molecule has 0 aliphatic heterocycles. The minimum atomic E-state index is -4.20. The van der Waals surface area contributed by atoms with Gasteiger partial charge in [-0.25, -0.2) is 8.78 Å². The summed E-state index contributed by atoms with van der Waals surface area (Å²) in [4.78, 5) is -0.233. The van der Waals surface area contributed by atoms with Gasteiger partial charge in [-0.3, -0.25) is 4.55 Å². The molecule has 0 saturated heterocycles. The van der Waals surface area contributed by atoms with Crippen LogP contribution in [0, 0.1) is 0 Å². The van der Waals surface area contributed by atoms with Crippen LogP contribution in [0.3, 0.4) is 0 Å². The number of alkyl halides is 2. The Bertz CT molecular complexity index is 411. The number of hydrogen-bond donors (Lipinski definition) is 1. The third kappa shape index (κ3) is 3.93. The largest absolute Gasteiger partial charge is 0.294 e. The zero-order valence-corrected chi connectivity index (χ0v) is 8.55. The van der Waals surface area contributed by atoms with Crippen molar-refractivity contribution < 1.29 is 21.8 Å². The fourth-order valence-corrected chi connectivity index (χ4v) is 1.58. The van der Waals surface area contributed by atoms with Crippen LogP contribution in [0.5, 0.6) is 0 Å². The van der Waals surface area contributed by atoms with E-state index in [2.05, 4.69) is 0 Å². The Morgan fingerprint density at radius 2 is 1.73 bits per heavy atom. The molecule has 0 atom stereocenters. The fraction of sp³-hybridized carbons (Fsp3) is 0.333. The van der Waals surface area contributed by atoms with E-state index in [1.165, 1.54) is 24.3 Å². The third-order valence-corrected chi connectivity index (χ3v) is 2.74. The number of hydrogen-bond acceptors (Lipinski definition) is 2. The van der Waals surface area contributed by atoms with E-state index in [0.29, 0.717) is 5.56 Å². The Morgan fingerprint density at radius 3 is 2.13 bits per heavy atom. The predicted molar refractivity (Wildman–Crippen MR) is 50.6 cm³/mol. The first-order chi connectivity index (χ1) is 6.89. The molecule has 0 aromatic heterocycles. The molecule has 0 unspecified atom stereocenters. The maximum Gasteiger partial charge on any atom is 0.294 e. The summed E-state index contributed by atoms with van der Waals surface area (Å²) in [5.74, 6) is 0. The Hall–Kier alpha value is -1.01. The van der Waals surface area contributed by atoms with Crippen molar-refractivity contribution in [3.05, 3.63) is 29.8 Å². The molecule has 6 heteroatoms. The van der Waals surface area contributed by atoms with E-state index < -0.39 is 16.5 Å². The average Bonchev–Trinajstić information content (AvgIpc) is 2.14. The molecule has 3 nitrogen and oxygen atoms in total. The SMILES string of the molecule is O=S(=O)(O)c1ccc(CCC(F)F)cc1. The summed E-state index contributed by atoms with van der Waals surface area (Å²) in [6.45, 7) is 0. The quantitative estimate of drug-likeness (QED) is 0.815. The molecule has 0 spiro atoms. The van der Waals surface area contributed by atoms with Crippen LogP contribution >= 0.6 is 0 Å². The first kappa shape index (κ1) is 12.1. The molecule has 1 rings (SSSR count). The summed E-state index contributed by atoms with van der Waals surface area (Å²) in [7, 11) is -4.20. The zero-order chi connectivity index (χ0) is 11.5. The number of aryl methyl sites for hydroxylation is 1. The lowest BCUT2D eigenvalue weighted by Gasteiger charge is -2.01. The predicted octanol–water partition coefficient (Wildman–Crippen LogP) is 2.13. The van der Waals surface area contributed by atoms with Gasteiger partial charge in [0.15, 0.2) is 0 Å². The second-order valence-electron chi connectivity index (χ2n) is 3.05. The van der Waals surface area contributed by atoms with Gasteiger partial charge in [0.05, 0.1) is 4.90 Å². The maximum atomic E-state index is 11.9. The minimum Gasteiger partial charge on any atom is -0.282 e. The van der Waals surface area contributed by atoms with Crippen molar-refractivity contribution in [2.75, 3.05) is 0 Å². The lowest BCUT2D eigenvalue weighted by molar-refractivity contribution is 0.138. The maximum absolute atomic E-state index is 11.9. The molecule has 0 heterocycles. The molecule has 84 valence electrons. The van der Waals surface area contributed by atoms with Crippen molar-refractivity contribution in [3.8, 4) is 0 Å². The van der Waals surface area contributed by atoms with Crippen molar-refractivity contribution in [2.24, 2.45) is 0 Å². The fourth-order valence-electron chi connectivity index (χ4n) is 1.10. The summed E-state index contributed by atoms with van der Waals surface area (Å²) in [5, 5.41) is 0. The molecule has 0 aliphatic rings. The molecule has 15 heavy (non-hydrogen) atoms. The van der Waals surface area contributed by atoms with Crippen LogP contribution in [0.1, 0.15) is 12.0 Å². The zero-order valence-electron chi connectivity index (χ0n) is 7.73. The van der Waals surface area contributed by atoms with Crippen molar-refractivity contribution in [3.63, 3.8) is 0 Å². The van der Waals surface area contributed by atoms with E-state index in [1.807, 2.05) is 0 Å². The molecule has 0 bridgehead atoms. The Morgan fingerprint density at radius 1 is 1.20 bits per heavy atom. The highest BCUT2D eigenvalue weighted by molar-refractivity contribution is 7.85. The summed E-state index contributed by atoms with van der Waals surface area (Å²) >= 11 is 0. The highest BCUT2D eigenvalue weighted by Crippen LogP contribution is 2.13. The van der Waals surface area contributed by atoms with Gasteiger partial charge in [0.25, 0.3) is 10.1 Å². The minimum absolute atomic E-state index is 0.184. The smallest absolute Gasteiger partial charge is 0.282 e. The topological polar surface area (TPSA) is 54.4 Å². The molecule has 0 radical (unpaired) electrons. The standard InChI is InChI=1S/C9H10F2O3S/c10-9(11)6-3-7-1-4-8(5-2-7)15(12,13)14/h1-2,4-5,9H,3,6H2,(H,12,13,14). The van der Waals surface area contributed by atoms with Crippen molar-refractivity contribution in [1.82, 2.24) is 0 Å². The van der Waals surface area contributed by atoms with Crippen molar-refractivity contribution in [2.45, 2.75) is 24.2 Å². The Kier molecular flexibility index (Phi) is 3.76. The summed E-state index contributed by atoms with van der Waals surface area (Å²) in [6, 6.07) is 5.20. The Labute approximate surface area is 86.5 Å². The van der Waals surface area contributed by atoms with Crippen LogP contribution in [0.4, 0.5) is 8.78 Å². The molecule has 0 aliphatic carbocycles. The van der Waals surface area contributed by atoms with Crippen LogP contribution in [0.2, 0.25) is 0 Å². The van der Waals surface area contributed by atoms with Gasteiger partial charge in [-0.1, -0.05) is 12.1 Å². The Balaban J connectivity index is 2.73. The molecule has 0 fully saturated rings. The van der Waals surface area contributed by atoms with E-state index in [9.17, 15) is 17.2 Å². The molecular formula is C9H10F2O3S. The van der Waals surface area contributed by atoms with Gasteiger partial charge in [-0.15, -0.1) is 0 Å². The summed E-state index contributed by atoms with van der Waals surface area (Å²) < 4.78 is 53.6. The monoisotopic (exact) mass is 236 g/mol. The van der Waals surface area contributed by atoms with Crippen LogP contribution in [-0.2, 0) is 16.5 Å². The normalized spacial score (nSPS) is 12.0. The molecule has 1 aromatic carbocycles. The highest BCUT2D eigenvalue weighted by Gasteiger charge is 2.09. The van der Waals surface area contributed by atoms with E-state index in [-0.39, 0.29) is 17.7 Å². The van der Waals surface area contributed by atoms with Crippen LogP contribution in [0.25, 0.3) is 0 Å². The number of benzene rings is 1. The van der Waals surface area contributed by atoms with Crippen LogP contribution in [0.15, 0.2) is 29.2 Å². The number of rotatable bonds is 4. The van der Waals surface area contributed by atoms with Crippen LogP contribution < -0.4 is 0 Å². The van der Waals surface area contributed by atoms with E-state index in [1.54, 1.807) is 0 Å². The van der Waals surface area contributed by atoms with Gasteiger partial charge in [-0.2, -0.15) is 8.42 Å². The highest BCUT2D eigenvalue weighted by atomic mass is 32.2. The molecular weight excluding hydrogens is 226 g/mol. The van der Waals surface area contributed by atoms with Gasteiger partial charge in [0.1, 0.15) is 0 Å². The van der Waals surface area contributed by atoms with Gasteiger partial charge in [-0.05, 0) is 24.1 Å². The lowest BCUT2D eigenvalue weighted by atomic mass is 10.1. The molecule has 1 aromatic rings. The van der Waals surface area contributed by atoms with Crippen molar-refractivity contribution >= 4 is 10.1 Å². The second-order valence-corrected chi connectivity index (χ2v) is 4.47. The molecule has 0 saturated carbocycles. The van der Waals surface area contributed by atoms with E-state index in [0.717, 1.165) is 0 Å². The van der Waals surface area contributed by atoms with Crippen molar-refractivity contribution in [1.29, 1.82) is 0 Å². The van der Waals surface area contributed by atoms with Gasteiger partial charge in [0.2, 0.25) is 6.43 Å². The lowest BCUT2D eigenvalue weighted by Crippen LogP contribution is -1.99. The van der Waals surface area contributed by atoms with Gasteiger partial charge < -0.3 is 0 Å². The molecule has 1 N–H and O–H groups in total. The third-order valence-electron chi connectivity index (χ3n) is 1.87. The van der Waals surface area contributed by atoms with E-state index >= 15 is 0 Å². The number of halogens is 2. The molecule has 0 amide bonds. The first-order valence-electron chi connectivity index (χ1n) is 4.24.